The Morgan fingerprint density at radius 3 is 2.60 bits per heavy atom. The minimum atomic E-state index is -0.0592. The second-order valence-electron chi connectivity index (χ2n) is 8.00. The van der Waals surface area contributed by atoms with Gasteiger partial charge < -0.3 is 19.5 Å². The zero-order chi connectivity index (χ0) is 21.3. The Kier molecular flexibility index (Phi) is 8.84. The molecule has 2 fully saturated rings. The van der Waals surface area contributed by atoms with Gasteiger partial charge in [0, 0.05) is 39.1 Å². The molecule has 0 unspecified atom stereocenters. The lowest BCUT2D eigenvalue weighted by Crippen LogP contribution is -2.47. The first kappa shape index (κ1) is 22.9. The molecule has 0 spiro atoms. The van der Waals surface area contributed by atoms with Crippen molar-refractivity contribution < 1.29 is 9.53 Å². The lowest BCUT2D eigenvalue weighted by Gasteiger charge is -2.33. The number of hydrogen-bond donors (Lipinski definition) is 1. The predicted molar refractivity (Wildman–Crippen MR) is 120 cm³/mol. The van der Waals surface area contributed by atoms with Crippen molar-refractivity contribution in [3.63, 3.8) is 0 Å². The lowest BCUT2D eigenvalue weighted by atomic mass is 9.97. The molecule has 2 heterocycles. The number of aryl methyl sites for hydroxylation is 1. The van der Waals surface area contributed by atoms with Crippen LogP contribution in [-0.4, -0.2) is 71.1 Å². The van der Waals surface area contributed by atoms with E-state index in [1.807, 2.05) is 14.0 Å². The number of esters is 1. The predicted octanol–water partition coefficient (Wildman–Crippen LogP) is 2.90. The van der Waals surface area contributed by atoms with Crippen molar-refractivity contribution >= 4 is 23.7 Å². The summed E-state index contributed by atoms with van der Waals surface area (Å²) in [4.78, 5) is 18.6. The zero-order valence-electron chi connectivity index (χ0n) is 18.6. The third-order valence-electron chi connectivity index (χ3n) is 6.09. The molecule has 8 nitrogen and oxygen atoms in total. The molecule has 2 aliphatic rings. The fourth-order valence-corrected chi connectivity index (χ4v) is 5.09. The summed E-state index contributed by atoms with van der Waals surface area (Å²) in [5.74, 6) is 1.99. The van der Waals surface area contributed by atoms with Crippen LogP contribution >= 0.6 is 11.8 Å². The molecule has 0 aromatic carbocycles. The highest BCUT2D eigenvalue weighted by atomic mass is 32.2. The molecule has 1 aromatic heterocycles. The summed E-state index contributed by atoms with van der Waals surface area (Å²) < 4.78 is 7.54. The Hall–Kier alpha value is -1.77. The molecule has 168 valence electrons. The van der Waals surface area contributed by atoms with Gasteiger partial charge in [0.1, 0.15) is 5.82 Å². The van der Waals surface area contributed by atoms with E-state index < -0.39 is 0 Å². The second-order valence-corrected chi connectivity index (χ2v) is 8.78. The smallest absolute Gasteiger partial charge is 0.309 e. The van der Waals surface area contributed by atoms with E-state index in [1.165, 1.54) is 25.7 Å². The number of piperidine rings is 1. The Balaban J connectivity index is 1.45. The molecule has 1 aliphatic heterocycles. The Morgan fingerprint density at radius 2 is 1.97 bits per heavy atom. The first-order chi connectivity index (χ1) is 14.7. The van der Waals surface area contributed by atoms with E-state index in [1.54, 1.807) is 11.8 Å². The van der Waals surface area contributed by atoms with Crippen molar-refractivity contribution in [3.05, 3.63) is 5.82 Å². The number of ether oxygens (including phenoxy) is 1. The highest BCUT2D eigenvalue weighted by Gasteiger charge is 2.27. The summed E-state index contributed by atoms with van der Waals surface area (Å²) in [6.45, 7) is 4.81. The number of aliphatic imine (C=N–C) groups is 1. The molecule has 30 heavy (non-hydrogen) atoms. The maximum atomic E-state index is 11.9. The molecular weight excluding hydrogens is 400 g/mol. The Bertz CT molecular complexity index is 708. The van der Waals surface area contributed by atoms with Gasteiger partial charge in [0.2, 0.25) is 0 Å². The zero-order valence-corrected chi connectivity index (χ0v) is 19.4. The number of carbonyl (C=O) groups is 1. The maximum Gasteiger partial charge on any atom is 0.309 e. The highest BCUT2D eigenvalue weighted by molar-refractivity contribution is 7.98. The van der Waals surface area contributed by atoms with Gasteiger partial charge in [-0.2, -0.15) is 0 Å². The van der Waals surface area contributed by atoms with Crippen LogP contribution in [0.3, 0.4) is 0 Å². The third kappa shape index (κ3) is 5.68. The van der Waals surface area contributed by atoms with Gasteiger partial charge in [-0.1, -0.05) is 24.6 Å². The minimum absolute atomic E-state index is 0.0203. The van der Waals surface area contributed by atoms with Crippen molar-refractivity contribution in [2.24, 2.45) is 10.9 Å². The molecule has 1 saturated heterocycles. The topological polar surface area (TPSA) is 84.6 Å². The summed E-state index contributed by atoms with van der Waals surface area (Å²) in [5.41, 5.74) is 0. The van der Waals surface area contributed by atoms with E-state index in [9.17, 15) is 4.79 Å². The minimum Gasteiger partial charge on any atom is -0.466 e. The number of hydrogen-bond acceptors (Lipinski definition) is 6. The first-order valence-corrected chi connectivity index (χ1v) is 12.5. The third-order valence-corrected chi connectivity index (χ3v) is 6.74. The molecule has 0 radical (unpaired) electrons. The van der Waals surface area contributed by atoms with E-state index in [2.05, 4.69) is 36.2 Å². The van der Waals surface area contributed by atoms with E-state index in [-0.39, 0.29) is 11.9 Å². The standard InChI is InChI=1S/C21H36N6O2S/c1-4-29-19(28)16-11-14-26(15-12-16)20(22-2)23-13-7-10-18-24-25-21(30-3)27(18)17-8-5-6-9-17/h16-17H,4-15H2,1-3H3,(H,22,23). The summed E-state index contributed by atoms with van der Waals surface area (Å²) in [7, 11) is 1.82. The number of likely N-dealkylation sites (tertiary alicyclic amines) is 1. The molecule has 1 aromatic rings. The quantitative estimate of drug-likeness (QED) is 0.220. The van der Waals surface area contributed by atoms with E-state index in [0.717, 1.165) is 62.3 Å². The second kappa shape index (κ2) is 11.6. The van der Waals surface area contributed by atoms with Crippen molar-refractivity contribution in [1.29, 1.82) is 0 Å². The summed E-state index contributed by atoms with van der Waals surface area (Å²) in [6, 6.07) is 0.568. The van der Waals surface area contributed by atoms with Crippen LogP contribution in [0, 0.1) is 5.92 Å². The average Bonchev–Trinajstić information content (AvgIpc) is 3.43. The van der Waals surface area contributed by atoms with Crippen molar-refractivity contribution in [1.82, 2.24) is 25.0 Å². The van der Waals surface area contributed by atoms with Crippen LogP contribution in [-0.2, 0) is 16.0 Å². The molecule has 0 amide bonds. The number of aromatic nitrogens is 3. The number of nitrogens with one attached hydrogen (secondary N) is 1. The van der Waals surface area contributed by atoms with E-state index >= 15 is 0 Å². The van der Waals surface area contributed by atoms with E-state index in [0.29, 0.717) is 12.6 Å². The monoisotopic (exact) mass is 436 g/mol. The fraction of sp³-hybridized carbons (Fsp3) is 0.810. The van der Waals surface area contributed by atoms with Gasteiger partial charge >= 0.3 is 5.97 Å². The SMILES string of the molecule is CCOC(=O)C1CCN(C(=NC)NCCCc2nnc(SC)n2C2CCCC2)CC1. The van der Waals surface area contributed by atoms with Gasteiger partial charge in [0.25, 0.3) is 0 Å². The van der Waals surface area contributed by atoms with Gasteiger partial charge in [-0.05, 0) is 45.3 Å². The molecule has 1 saturated carbocycles. The lowest BCUT2D eigenvalue weighted by molar-refractivity contribution is -0.149. The first-order valence-electron chi connectivity index (χ1n) is 11.3. The number of thioether (sulfide) groups is 1. The van der Waals surface area contributed by atoms with Gasteiger partial charge in [0.15, 0.2) is 11.1 Å². The summed E-state index contributed by atoms with van der Waals surface area (Å²) >= 11 is 1.69. The Morgan fingerprint density at radius 1 is 1.23 bits per heavy atom. The molecule has 1 N–H and O–H groups in total. The van der Waals surface area contributed by atoms with Crippen molar-refractivity contribution in [2.45, 2.75) is 69.5 Å². The molecule has 0 atom stereocenters. The van der Waals surface area contributed by atoms with Gasteiger partial charge in [-0.3, -0.25) is 9.79 Å². The van der Waals surface area contributed by atoms with Crippen LogP contribution < -0.4 is 5.32 Å². The average molecular weight is 437 g/mol. The summed E-state index contributed by atoms with van der Waals surface area (Å²) in [6.07, 6.45) is 10.7. The van der Waals surface area contributed by atoms with Gasteiger partial charge in [0.05, 0.1) is 12.5 Å². The van der Waals surface area contributed by atoms with Crippen LogP contribution in [0.2, 0.25) is 0 Å². The van der Waals surface area contributed by atoms with Crippen LogP contribution in [0.15, 0.2) is 10.1 Å². The van der Waals surface area contributed by atoms with Crippen LogP contribution in [0.1, 0.15) is 63.7 Å². The molecule has 3 rings (SSSR count). The number of guanidine groups is 1. The normalized spacial score (nSPS) is 18.8. The molecular formula is C21H36N6O2S. The number of nitrogens with zero attached hydrogens (tertiary/aromatic N) is 5. The molecule has 1 aliphatic carbocycles. The van der Waals surface area contributed by atoms with Crippen molar-refractivity contribution in [3.8, 4) is 0 Å². The number of carbonyl (C=O) groups excluding carboxylic acids is 1. The van der Waals surface area contributed by atoms with Gasteiger partial charge in [-0.15, -0.1) is 10.2 Å². The van der Waals surface area contributed by atoms with Crippen LogP contribution in [0.25, 0.3) is 0 Å². The van der Waals surface area contributed by atoms with Crippen LogP contribution in [0.5, 0.6) is 0 Å². The molecule has 9 heteroatoms. The molecule has 0 bridgehead atoms. The number of rotatable bonds is 8. The van der Waals surface area contributed by atoms with Gasteiger partial charge in [-0.25, -0.2) is 0 Å². The highest BCUT2D eigenvalue weighted by Crippen LogP contribution is 2.33. The van der Waals surface area contributed by atoms with Crippen molar-refractivity contribution in [2.75, 3.05) is 39.5 Å². The fourth-order valence-electron chi connectivity index (χ4n) is 4.51. The van der Waals surface area contributed by atoms with Crippen LogP contribution in [0.4, 0.5) is 0 Å². The maximum absolute atomic E-state index is 11.9. The largest absolute Gasteiger partial charge is 0.466 e. The summed E-state index contributed by atoms with van der Waals surface area (Å²) in [5, 5.41) is 13.4. The van der Waals surface area contributed by atoms with E-state index in [4.69, 9.17) is 4.74 Å². The Labute approximate surface area is 184 Å².